The Morgan fingerprint density at radius 3 is 2.26 bits per heavy atom. The number of quaternary nitrogens is 1. The van der Waals surface area contributed by atoms with Crippen LogP contribution in [0.1, 0.15) is 13.3 Å². The lowest BCUT2D eigenvalue weighted by molar-refractivity contribution is -0.889. The first-order valence-corrected chi connectivity index (χ1v) is 7.69. The van der Waals surface area contributed by atoms with Crippen LogP contribution in [0.3, 0.4) is 0 Å². The number of amides is 1. The Balaban J connectivity index is 4.16. The molecule has 0 aromatic rings. The molecule has 0 unspecified atom stereocenters. The summed E-state index contributed by atoms with van der Waals surface area (Å²) < 4.78 is 32.1. The number of carbonyl (C=O) groups is 1. The van der Waals surface area contributed by atoms with E-state index in [4.69, 9.17) is 0 Å². The molecule has 0 N–H and O–H groups in total. The van der Waals surface area contributed by atoms with Gasteiger partial charge in [0.05, 0.1) is 43.8 Å². The zero-order valence-corrected chi connectivity index (χ0v) is 13.0. The van der Waals surface area contributed by atoms with Gasteiger partial charge in [0, 0.05) is 24.8 Å². The van der Waals surface area contributed by atoms with E-state index in [1.165, 1.54) is 0 Å². The van der Waals surface area contributed by atoms with E-state index in [2.05, 4.69) is 6.58 Å². The van der Waals surface area contributed by atoms with E-state index in [0.717, 1.165) is 0 Å². The first-order valence-electron chi connectivity index (χ1n) is 6.11. The Morgan fingerprint density at radius 1 is 1.32 bits per heavy atom. The van der Waals surface area contributed by atoms with E-state index in [0.29, 0.717) is 36.1 Å². The summed E-state index contributed by atoms with van der Waals surface area (Å²) in [4.78, 5) is 13.2. The Hall–Kier alpha value is -0.920. The van der Waals surface area contributed by atoms with E-state index in [1.54, 1.807) is 18.9 Å². The quantitative estimate of drug-likeness (QED) is 0.359. The summed E-state index contributed by atoms with van der Waals surface area (Å²) in [5.41, 5.74) is 0.491. The molecular weight excluding hydrogens is 268 g/mol. The zero-order chi connectivity index (χ0) is 15.3. The molecule has 0 aromatic heterocycles. The van der Waals surface area contributed by atoms with Gasteiger partial charge in [-0.3, -0.25) is 4.79 Å². The van der Waals surface area contributed by atoms with Gasteiger partial charge in [-0.25, -0.2) is 8.42 Å². The molecule has 0 radical (unpaired) electrons. The smallest absolute Gasteiger partial charge is 0.248 e. The van der Waals surface area contributed by atoms with Gasteiger partial charge in [-0.2, -0.15) is 0 Å². The summed E-state index contributed by atoms with van der Waals surface area (Å²) in [6.45, 7) is 7.09. The van der Waals surface area contributed by atoms with E-state index >= 15 is 0 Å². The molecule has 0 aromatic carbocycles. The Bertz CT molecular complexity index is 429. The van der Waals surface area contributed by atoms with Gasteiger partial charge < -0.3 is 13.9 Å². The van der Waals surface area contributed by atoms with Crippen molar-refractivity contribution in [2.75, 3.05) is 46.5 Å². The van der Waals surface area contributed by atoms with Crippen LogP contribution in [0.5, 0.6) is 0 Å². The number of hydrogen-bond acceptors (Lipinski definition) is 4. The molecule has 7 heteroatoms. The summed E-state index contributed by atoms with van der Waals surface area (Å²) in [5.74, 6) is -0.433. The second-order valence-electron chi connectivity index (χ2n) is 5.51. The van der Waals surface area contributed by atoms with Gasteiger partial charge in [0.2, 0.25) is 5.91 Å². The molecule has 1 amide bonds. The van der Waals surface area contributed by atoms with Gasteiger partial charge in [0.25, 0.3) is 0 Å². The van der Waals surface area contributed by atoms with Crippen LogP contribution in [0.2, 0.25) is 0 Å². The fourth-order valence-electron chi connectivity index (χ4n) is 1.63. The highest BCUT2D eigenvalue weighted by Gasteiger charge is 2.18. The molecule has 0 rings (SSSR count). The topological polar surface area (TPSA) is 77.5 Å². The molecule has 112 valence electrons. The first kappa shape index (κ1) is 18.1. The standard InChI is InChI=1S/C12H24N2O4S/c1-11(2)12(15)13(3)7-9-14(4,5)8-6-10-19(16,17)18/h1,6-10H2,2-5H3. The second kappa shape index (κ2) is 7.02. The molecule has 0 atom stereocenters. The Kier molecular flexibility index (Phi) is 6.68. The van der Waals surface area contributed by atoms with Crippen molar-refractivity contribution in [1.29, 1.82) is 0 Å². The SMILES string of the molecule is C=C(C)C(=O)N(C)CC[N+](C)(C)CCCS(=O)(=O)[O-]. The van der Waals surface area contributed by atoms with Crippen molar-refractivity contribution in [1.82, 2.24) is 4.90 Å². The van der Waals surface area contributed by atoms with Crippen molar-refractivity contribution in [2.45, 2.75) is 13.3 Å². The maximum atomic E-state index is 11.6. The van der Waals surface area contributed by atoms with Crippen LogP contribution in [0, 0.1) is 0 Å². The molecule has 0 heterocycles. The number of hydrogen-bond donors (Lipinski definition) is 0. The highest BCUT2D eigenvalue weighted by atomic mass is 32.2. The molecule has 0 saturated heterocycles. The van der Waals surface area contributed by atoms with Crippen LogP contribution >= 0.6 is 0 Å². The van der Waals surface area contributed by atoms with Crippen molar-refractivity contribution in [3.05, 3.63) is 12.2 Å². The Labute approximate surface area is 116 Å². The van der Waals surface area contributed by atoms with Gasteiger partial charge in [-0.15, -0.1) is 0 Å². The predicted octanol–water partition coefficient (Wildman–Crippen LogP) is 0.0326. The van der Waals surface area contributed by atoms with Crippen LogP contribution in [0.25, 0.3) is 0 Å². The molecular formula is C12H24N2O4S. The highest BCUT2D eigenvalue weighted by Crippen LogP contribution is 2.03. The molecule has 6 nitrogen and oxygen atoms in total. The van der Waals surface area contributed by atoms with Gasteiger partial charge in [-0.1, -0.05) is 6.58 Å². The molecule has 0 aliphatic rings. The van der Waals surface area contributed by atoms with E-state index in [-0.39, 0.29) is 11.7 Å². The fourth-order valence-corrected chi connectivity index (χ4v) is 2.11. The number of carbonyl (C=O) groups excluding carboxylic acids is 1. The van der Waals surface area contributed by atoms with E-state index in [1.807, 2.05) is 14.1 Å². The molecule has 0 saturated carbocycles. The van der Waals surface area contributed by atoms with Crippen molar-refractivity contribution in [3.63, 3.8) is 0 Å². The third kappa shape index (κ3) is 8.74. The normalized spacial score (nSPS) is 12.3. The Morgan fingerprint density at radius 2 is 1.84 bits per heavy atom. The molecule has 0 aliphatic heterocycles. The third-order valence-corrected chi connectivity index (χ3v) is 3.70. The summed E-state index contributed by atoms with van der Waals surface area (Å²) in [5, 5.41) is 0. The van der Waals surface area contributed by atoms with Crippen LogP contribution in [0.4, 0.5) is 0 Å². The minimum absolute atomic E-state index is 0.0952. The number of nitrogens with zero attached hydrogens (tertiary/aromatic N) is 2. The average Bonchev–Trinajstić information content (AvgIpc) is 2.22. The maximum Gasteiger partial charge on any atom is 0.248 e. The minimum atomic E-state index is -4.14. The largest absolute Gasteiger partial charge is 0.748 e. The van der Waals surface area contributed by atoms with E-state index < -0.39 is 10.1 Å². The summed E-state index contributed by atoms with van der Waals surface area (Å²) in [6.07, 6.45) is 0.330. The maximum absolute atomic E-state index is 11.6. The fraction of sp³-hybridized carbons (Fsp3) is 0.750. The minimum Gasteiger partial charge on any atom is -0.748 e. The van der Waals surface area contributed by atoms with Crippen LogP contribution < -0.4 is 0 Å². The van der Waals surface area contributed by atoms with Crippen LogP contribution in [-0.2, 0) is 14.9 Å². The lowest BCUT2D eigenvalue weighted by Crippen LogP contribution is -2.46. The first-order chi connectivity index (χ1) is 8.44. The number of rotatable bonds is 8. The molecule has 0 fully saturated rings. The lowest BCUT2D eigenvalue weighted by Gasteiger charge is -2.32. The summed E-state index contributed by atoms with van der Waals surface area (Å²) >= 11 is 0. The number of likely N-dealkylation sites (N-methyl/N-ethyl adjacent to an activating group) is 2. The van der Waals surface area contributed by atoms with Crippen molar-refractivity contribution >= 4 is 16.0 Å². The highest BCUT2D eigenvalue weighted by molar-refractivity contribution is 7.85. The summed E-state index contributed by atoms with van der Waals surface area (Å²) in [6, 6.07) is 0. The molecule has 19 heavy (non-hydrogen) atoms. The molecule has 0 bridgehead atoms. The van der Waals surface area contributed by atoms with Crippen molar-refractivity contribution in [3.8, 4) is 0 Å². The predicted molar refractivity (Wildman–Crippen MR) is 73.5 cm³/mol. The van der Waals surface area contributed by atoms with Crippen LogP contribution in [-0.4, -0.2) is 74.8 Å². The zero-order valence-electron chi connectivity index (χ0n) is 12.2. The second-order valence-corrected chi connectivity index (χ2v) is 7.03. The molecule has 0 aliphatic carbocycles. The van der Waals surface area contributed by atoms with E-state index in [9.17, 15) is 17.8 Å². The van der Waals surface area contributed by atoms with Crippen LogP contribution in [0.15, 0.2) is 12.2 Å². The molecule has 0 spiro atoms. The van der Waals surface area contributed by atoms with Gasteiger partial charge in [-0.05, 0) is 6.92 Å². The van der Waals surface area contributed by atoms with Gasteiger partial charge in [0.15, 0.2) is 0 Å². The van der Waals surface area contributed by atoms with Crippen molar-refractivity contribution < 1.29 is 22.2 Å². The monoisotopic (exact) mass is 292 g/mol. The van der Waals surface area contributed by atoms with Gasteiger partial charge in [0.1, 0.15) is 0 Å². The summed E-state index contributed by atoms with van der Waals surface area (Å²) in [7, 11) is 1.45. The van der Waals surface area contributed by atoms with Gasteiger partial charge >= 0.3 is 0 Å². The average molecular weight is 292 g/mol. The lowest BCUT2D eigenvalue weighted by atomic mass is 10.3. The van der Waals surface area contributed by atoms with Crippen molar-refractivity contribution in [2.24, 2.45) is 0 Å². The third-order valence-electron chi connectivity index (χ3n) is 2.91.